The van der Waals surface area contributed by atoms with Gasteiger partial charge in [0.1, 0.15) is 0 Å². The van der Waals surface area contributed by atoms with Gasteiger partial charge in [0.2, 0.25) is 0 Å². The van der Waals surface area contributed by atoms with E-state index in [0.717, 1.165) is 24.8 Å². The van der Waals surface area contributed by atoms with E-state index in [4.69, 9.17) is 21.1 Å². The third kappa shape index (κ3) is 3.53. The van der Waals surface area contributed by atoms with Gasteiger partial charge in [-0.2, -0.15) is 0 Å². The Morgan fingerprint density at radius 1 is 1.35 bits per heavy atom. The molecule has 4 heteroatoms. The molecular weight excluding hydrogens is 240 g/mol. The van der Waals surface area contributed by atoms with Crippen LogP contribution in [-0.4, -0.2) is 18.1 Å². The van der Waals surface area contributed by atoms with Crippen molar-refractivity contribution in [1.29, 1.82) is 0 Å². The zero-order valence-electron chi connectivity index (χ0n) is 9.47. The van der Waals surface area contributed by atoms with Crippen molar-refractivity contribution in [2.24, 2.45) is 0 Å². The van der Waals surface area contributed by atoms with Crippen molar-refractivity contribution in [3.8, 4) is 0 Å². The fraction of sp³-hybridized carbons (Fsp3) is 0.462. The SMILES string of the molecule is O=C(Cl)C(OC1CCCCO1)c1ccccc1. The van der Waals surface area contributed by atoms with Crippen molar-refractivity contribution in [3.63, 3.8) is 0 Å². The fourth-order valence-electron chi connectivity index (χ4n) is 1.86. The monoisotopic (exact) mass is 254 g/mol. The van der Waals surface area contributed by atoms with Crippen LogP contribution in [0.2, 0.25) is 0 Å². The minimum atomic E-state index is -0.735. The molecule has 1 aromatic rings. The number of hydrogen-bond donors (Lipinski definition) is 0. The van der Waals surface area contributed by atoms with Crippen LogP contribution in [0.25, 0.3) is 0 Å². The van der Waals surface area contributed by atoms with E-state index in [0.29, 0.717) is 6.61 Å². The highest BCUT2D eigenvalue weighted by Crippen LogP contribution is 2.25. The molecule has 0 saturated carbocycles. The van der Waals surface area contributed by atoms with E-state index in [1.807, 2.05) is 30.3 Å². The molecule has 2 rings (SSSR count). The average molecular weight is 255 g/mol. The zero-order chi connectivity index (χ0) is 12.1. The molecule has 1 fully saturated rings. The van der Waals surface area contributed by atoms with Crippen LogP contribution >= 0.6 is 11.6 Å². The summed E-state index contributed by atoms with van der Waals surface area (Å²) in [5.41, 5.74) is 0.765. The second kappa shape index (κ2) is 6.15. The zero-order valence-corrected chi connectivity index (χ0v) is 10.2. The van der Waals surface area contributed by atoms with Crippen LogP contribution in [0.1, 0.15) is 30.9 Å². The minimum Gasteiger partial charge on any atom is -0.353 e. The topological polar surface area (TPSA) is 35.5 Å². The first kappa shape index (κ1) is 12.6. The highest BCUT2D eigenvalue weighted by Gasteiger charge is 2.25. The van der Waals surface area contributed by atoms with Crippen LogP contribution < -0.4 is 0 Å². The van der Waals surface area contributed by atoms with Gasteiger partial charge in [-0.3, -0.25) is 4.79 Å². The summed E-state index contributed by atoms with van der Waals surface area (Å²) in [5, 5.41) is -0.509. The molecule has 0 N–H and O–H groups in total. The third-order valence-corrected chi connectivity index (χ3v) is 2.93. The molecule has 1 saturated heterocycles. The van der Waals surface area contributed by atoms with Crippen LogP contribution in [0.3, 0.4) is 0 Å². The predicted octanol–water partition coefficient (Wildman–Crippen LogP) is 3.04. The van der Waals surface area contributed by atoms with Gasteiger partial charge in [0, 0.05) is 6.61 Å². The third-order valence-electron chi connectivity index (χ3n) is 2.73. The van der Waals surface area contributed by atoms with Crippen LogP contribution in [0.5, 0.6) is 0 Å². The second-order valence-corrected chi connectivity index (χ2v) is 4.40. The molecule has 0 bridgehead atoms. The van der Waals surface area contributed by atoms with E-state index in [1.54, 1.807) is 0 Å². The largest absolute Gasteiger partial charge is 0.353 e. The van der Waals surface area contributed by atoms with Crippen molar-refractivity contribution in [3.05, 3.63) is 35.9 Å². The quantitative estimate of drug-likeness (QED) is 0.775. The summed E-state index contributed by atoms with van der Waals surface area (Å²) in [7, 11) is 0. The molecule has 92 valence electrons. The normalized spacial score (nSPS) is 22.1. The molecule has 0 radical (unpaired) electrons. The molecule has 1 aliphatic heterocycles. The van der Waals surface area contributed by atoms with E-state index in [2.05, 4.69) is 0 Å². The lowest BCUT2D eigenvalue weighted by Gasteiger charge is -2.26. The standard InChI is InChI=1S/C13H15ClO3/c14-13(15)12(10-6-2-1-3-7-10)17-11-8-4-5-9-16-11/h1-3,6-7,11-12H,4-5,8-9H2. The Morgan fingerprint density at radius 2 is 2.12 bits per heavy atom. The summed E-state index contributed by atoms with van der Waals surface area (Å²) in [6, 6.07) is 9.25. The molecule has 0 aliphatic carbocycles. The Kier molecular flexibility index (Phi) is 4.54. The summed E-state index contributed by atoms with van der Waals surface area (Å²) in [4.78, 5) is 11.4. The summed E-state index contributed by atoms with van der Waals surface area (Å²) >= 11 is 5.58. The molecule has 1 aliphatic rings. The molecular formula is C13H15ClO3. The second-order valence-electron chi connectivity index (χ2n) is 4.03. The first-order valence-corrected chi connectivity index (χ1v) is 6.16. The average Bonchev–Trinajstić information content (AvgIpc) is 2.38. The van der Waals surface area contributed by atoms with Crippen molar-refractivity contribution >= 4 is 16.8 Å². The molecule has 17 heavy (non-hydrogen) atoms. The summed E-state index contributed by atoms with van der Waals surface area (Å²) in [5.74, 6) is 0. The molecule has 3 nitrogen and oxygen atoms in total. The Labute approximate surface area is 106 Å². The summed E-state index contributed by atoms with van der Waals surface area (Å²) < 4.78 is 11.1. The lowest BCUT2D eigenvalue weighted by Crippen LogP contribution is -2.26. The van der Waals surface area contributed by atoms with Crippen LogP contribution in [0, 0.1) is 0 Å². The van der Waals surface area contributed by atoms with Gasteiger partial charge in [0.15, 0.2) is 12.4 Å². The number of carbonyl (C=O) groups excluding carboxylic acids is 1. The van der Waals surface area contributed by atoms with Gasteiger partial charge in [-0.25, -0.2) is 0 Å². The van der Waals surface area contributed by atoms with Gasteiger partial charge in [0.25, 0.3) is 5.24 Å². The maximum Gasteiger partial charge on any atom is 0.255 e. The number of benzene rings is 1. The van der Waals surface area contributed by atoms with E-state index >= 15 is 0 Å². The lowest BCUT2D eigenvalue weighted by molar-refractivity contribution is -0.189. The van der Waals surface area contributed by atoms with E-state index in [1.165, 1.54) is 0 Å². The van der Waals surface area contributed by atoms with Crippen molar-refractivity contribution in [2.45, 2.75) is 31.7 Å². The van der Waals surface area contributed by atoms with Gasteiger partial charge in [-0.1, -0.05) is 30.3 Å². The van der Waals surface area contributed by atoms with Gasteiger partial charge in [-0.15, -0.1) is 0 Å². The molecule has 0 aromatic heterocycles. The van der Waals surface area contributed by atoms with Crippen molar-refractivity contribution in [2.75, 3.05) is 6.61 Å². The number of ether oxygens (including phenoxy) is 2. The van der Waals surface area contributed by atoms with E-state index in [9.17, 15) is 4.79 Å². The Balaban J connectivity index is 2.05. The first-order chi connectivity index (χ1) is 8.27. The van der Waals surface area contributed by atoms with Gasteiger partial charge in [0.05, 0.1) is 0 Å². The molecule has 2 atom stereocenters. The van der Waals surface area contributed by atoms with Crippen molar-refractivity contribution in [1.82, 2.24) is 0 Å². The summed E-state index contributed by atoms with van der Waals surface area (Å²) in [6.45, 7) is 0.683. The Hall–Kier alpha value is -0.900. The molecule has 1 heterocycles. The minimum absolute atomic E-state index is 0.323. The van der Waals surface area contributed by atoms with Crippen LogP contribution in [-0.2, 0) is 14.3 Å². The van der Waals surface area contributed by atoms with Crippen molar-refractivity contribution < 1.29 is 14.3 Å². The number of rotatable bonds is 4. The van der Waals surface area contributed by atoms with Gasteiger partial charge in [-0.05, 0) is 36.4 Å². The number of halogens is 1. The molecule has 1 aromatic carbocycles. The van der Waals surface area contributed by atoms with Gasteiger partial charge >= 0.3 is 0 Å². The number of carbonyl (C=O) groups is 1. The molecule has 0 amide bonds. The Morgan fingerprint density at radius 3 is 2.71 bits per heavy atom. The van der Waals surface area contributed by atoms with E-state index in [-0.39, 0.29) is 6.29 Å². The lowest BCUT2D eigenvalue weighted by atomic mass is 10.1. The maximum absolute atomic E-state index is 11.4. The maximum atomic E-state index is 11.4. The first-order valence-electron chi connectivity index (χ1n) is 5.79. The van der Waals surface area contributed by atoms with Crippen LogP contribution in [0.4, 0.5) is 0 Å². The fourth-order valence-corrected chi connectivity index (χ4v) is 2.04. The number of hydrogen-bond acceptors (Lipinski definition) is 3. The Bertz CT molecular complexity index is 360. The van der Waals surface area contributed by atoms with Crippen LogP contribution in [0.15, 0.2) is 30.3 Å². The van der Waals surface area contributed by atoms with Gasteiger partial charge < -0.3 is 9.47 Å². The smallest absolute Gasteiger partial charge is 0.255 e. The summed E-state index contributed by atoms with van der Waals surface area (Å²) in [6.07, 6.45) is 1.86. The predicted molar refractivity (Wildman–Crippen MR) is 64.7 cm³/mol. The molecule has 2 unspecified atom stereocenters. The highest BCUT2D eigenvalue weighted by atomic mass is 35.5. The highest BCUT2D eigenvalue weighted by molar-refractivity contribution is 6.64. The van der Waals surface area contributed by atoms with E-state index < -0.39 is 11.3 Å². The molecule has 0 spiro atoms.